The highest BCUT2D eigenvalue weighted by molar-refractivity contribution is 5.88. The van der Waals surface area contributed by atoms with Crippen LogP contribution in [-0.2, 0) is 9.53 Å². The van der Waals surface area contributed by atoms with Crippen molar-refractivity contribution in [1.29, 1.82) is 0 Å². The molecule has 0 bridgehead atoms. The van der Waals surface area contributed by atoms with Crippen LogP contribution in [0, 0.1) is 0 Å². The fraction of sp³-hybridized carbons (Fsp3) is 0.500. The van der Waals surface area contributed by atoms with Gasteiger partial charge in [0.2, 0.25) is 0 Å². The molecule has 0 radical (unpaired) electrons. The topological polar surface area (TPSA) is 26.3 Å². The quantitative estimate of drug-likeness (QED) is 0.366. The monoisotopic (exact) mass is 168 g/mol. The van der Waals surface area contributed by atoms with Crippen LogP contribution < -0.4 is 0 Å². The Labute approximate surface area is 73.9 Å². The van der Waals surface area contributed by atoms with Crippen LogP contribution in [0.15, 0.2) is 23.8 Å². The van der Waals surface area contributed by atoms with Crippen LogP contribution in [-0.4, -0.2) is 12.6 Å². The first-order valence-electron chi connectivity index (χ1n) is 4.25. The third kappa shape index (κ3) is 3.96. The smallest absolute Gasteiger partial charge is 0.333 e. The van der Waals surface area contributed by atoms with E-state index >= 15 is 0 Å². The van der Waals surface area contributed by atoms with E-state index in [-0.39, 0.29) is 5.97 Å². The van der Waals surface area contributed by atoms with Crippen molar-refractivity contribution >= 4 is 5.97 Å². The van der Waals surface area contributed by atoms with E-state index in [1.807, 2.05) is 26.0 Å². The van der Waals surface area contributed by atoms with Gasteiger partial charge in [-0.05, 0) is 20.3 Å². The minimum Gasteiger partial charge on any atom is -0.463 e. The van der Waals surface area contributed by atoms with Crippen molar-refractivity contribution in [2.24, 2.45) is 0 Å². The molecule has 0 spiro atoms. The number of carbonyl (C=O) groups excluding carboxylic acids is 1. The molecule has 0 aliphatic rings. The highest BCUT2D eigenvalue weighted by Crippen LogP contribution is 2.03. The van der Waals surface area contributed by atoms with Gasteiger partial charge in [0.15, 0.2) is 0 Å². The van der Waals surface area contributed by atoms with Crippen LogP contribution in [0.25, 0.3) is 0 Å². The molecule has 0 aromatic heterocycles. The van der Waals surface area contributed by atoms with E-state index < -0.39 is 0 Å². The number of ether oxygens (including phenoxy) is 1. The highest BCUT2D eigenvalue weighted by atomic mass is 16.5. The summed E-state index contributed by atoms with van der Waals surface area (Å²) in [6, 6.07) is 0. The number of carbonyl (C=O) groups is 1. The van der Waals surface area contributed by atoms with Crippen molar-refractivity contribution in [3.63, 3.8) is 0 Å². The molecule has 0 saturated carbocycles. The second-order valence-corrected chi connectivity index (χ2v) is 2.29. The highest BCUT2D eigenvalue weighted by Gasteiger charge is 2.05. The molecule has 68 valence electrons. The van der Waals surface area contributed by atoms with Crippen LogP contribution in [0.1, 0.15) is 27.2 Å². The molecule has 0 N–H and O–H groups in total. The Morgan fingerprint density at radius 3 is 2.50 bits per heavy atom. The second kappa shape index (κ2) is 6.65. The summed E-state index contributed by atoms with van der Waals surface area (Å²) in [5.74, 6) is -0.210. The van der Waals surface area contributed by atoms with Gasteiger partial charge in [0.1, 0.15) is 0 Å². The summed E-state index contributed by atoms with van der Waals surface area (Å²) in [4.78, 5) is 11.2. The Morgan fingerprint density at radius 2 is 2.08 bits per heavy atom. The molecule has 0 rings (SSSR count). The van der Waals surface area contributed by atoms with E-state index in [9.17, 15) is 4.79 Å². The molecule has 0 unspecified atom stereocenters. The standard InChI is InChI=1S/C10H16O2/c1-4-7-8-9(5-2)10(11)12-6-3/h4,7-8H,5-6H2,1-3H3/b7-4-,9-8+. The Kier molecular flexibility index (Phi) is 6.07. The zero-order valence-corrected chi connectivity index (χ0v) is 7.96. The molecule has 0 aliphatic heterocycles. The molecule has 0 saturated heterocycles. The fourth-order valence-corrected chi connectivity index (χ4v) is 0.766. The van der Waals surface area contributed by atoms with E-state index in [1.54, 1.807) is 13.0 Å². The summed E-state index contributed by atoms with van der Waals surface area (Å²) in [7, 11) is 0. The van der Waals surface area contributed by atoms with Crippen molar-refractivity contribution in [2.75, 3.05) is 6.61 Å². The van der Waals surface area contributed by atoms with Crippen LogP contribution in [0.2, 0.25) is 0 Å². The van der Waals surface area contributed by atoms with E-state index in [0.29, 0.717) is 13.0 Å². The van der Waals surface area contributed by atoms with Gasteiger partial charge in [0.05, 0.1) is 6.61 Å². The van der Waals surface area contributed by atoms with Gasteiger partial charge in [-0.2, -0.15) is 0 Å². The summed E-state index contributed by atoms with van der Waals surface area (Å²) < 4.78 is 4.85. The Bertz CT molecular complexity index is 190. The molecule has 0 heterocycles. The molecule has 0 aliphatic carbocycles. The van der Waals surface area contributed by atoms with Crippen LogP contribution >= 0.6 is 0 Å². The van der Waals surface area contributed by atoms with Crippen molar-refractivity contribution in [1.82, 2.24) is 0 Å². The second-order valence-electron chi connectivity index (χ2n) is 2.29. The Balaban J connectivity index is 4.23. The zero-order chi connectivity index (χ0) is 9.40. The molecule has 2 heteroatoms. The van der Waals surface area contributed by atoms with Gasteiger partial charge in [-0.25, -0.2) is 4.79 Å². The average molecular weight is 168 g/mol. The normalized spacial score (nSPS) is 12.1. The Hall–Kier alpha value is -1.05. The SMILES string of the molecule is C/C=C\C=C(/CC)C(=O)OCC. The van der Waals surface area contributed by atoms with Gasteiger partial charge < -0.3 is 4.74 Å². The summed E-state index contributed by atoms with van der Waals surface area (Å²) in [5, 5.41) is 0. The maximum absolute atomic E-state index is 11.2. The first-order valence-corrected chi connectivity index (χ1v) is 4.25. The van der Waals surface area contributed by atoms with Crippen molar-refractivity contribution < 1.29 is 9.53 Å². The molecule has 0 amide bonds. The van der Waals surface area contributed by atoms with E-state index in [0.717, 1.165) is 5.57 Å². The average Bonchev–Trinajstić information content (AvgIpc) is 2.06. The third-order valence-corrected chi connectivity index (χ3v) is 1.41. The summed E-state index contributed by atoms with van der Waals surface area (Å²) in [6.45, 7) is 6.09. The Morgan fingerprint density at radius 1 is 1.42 bits per heavy atom. The molecule has 0 aromatic carbocycles. The summed E-state index contributed by atoms with van der Waals surface area (Å²) >= 11 is 0. The van der Waals surface area contributed by atoms with E-state index in [4.69, 9.17) is 4.74 Å². The van der Waals surface area contributed by atoms with Gasteiger partial charge in [-0.15, -0.1) is 0 Å². The van der Waals surface area contributed by atoms with E-state index in [2.05, 4.69) is 0 Å². The molecule has 0 aromatic rings. The number of hydrogen-bond donors (Lipinski definition) is 0. The van der Waals surface area contributed by atoms with Crippen molar-refractivity contribution in [3.8, 4) is 0 Å². The first kappa shape index (κ1) is 11.0. The predicted octanol–water partition coefficient (Wildman–Crippen LogP) is 2.46. The molecule has 2 nitrogen and oxygen atoms in total. The summed E-state index contributed by atoms with van der Waals surface area (Å²) in [6.07, 6.45) is 6.23. The minimum absolute atomic E-state index is 0.210. The van der Waals surface area contributed by atoms with Gasteiger partial charge in [-0.1, -0.05) is 25.2 Å². The number of rotatable bonds is 4. The van der Waals surface area contributed by atoms with E-state index in [1.165, 1.54) is 0 Å². The lowest BCUT2D eigenvalue weighted by Crippen LogP contribution is -2.06. The third-order valence-electron chi connectivity index (χ3n) is 1.41. The number of esters is 1. The van der Waals surface area contributed by atoms with Crippen LogP contribution in [0.3, 0.4) is 0 Å². The lowest BCUT2D eigenvalue weighted by Gasteiger charge is -2.02. The summed E-state index contributed by atoms with van der Waals surface area (Å²) in [5.41, 5.74) is 0.718. The van der Waals surface area contributed by atoms with Crippen LogP contribution in [0.4, 0.5) is 0 Å². The van der Waals surface area contributed by atoms with Crippen LogP contribution in [0.5, 0.6) is 0 Å². The lowest BCUT2D eigenvalue weighted by atomic mass is 10.2. The maximum atomic E-state index is 11.2. The molecular formula is C10H16O2. The predicted molar refractivity (Wildman–Crippen MR) is 49.8 cm³/mol. The van der Waals surface area contributed by atoms with Gasteiger partial charge in [-0.3, -0.25) is 0 Å². The van der Waals surface area contributed by atoms with Gasteiger partial charge >= 0.3 is 5.97 Å². The minimum atomic E-state index is -0.210. The van der Waals surface area contributed by atoms with Crippen molar-refractivity contribution in [3.05, 3.63) is 23.8 Å². The molecular weight excluding hydrogens is 152 g/mol. The molecule has 0 fully saturated rings. The molecule has 0 atom stereocenters. The van der Waals surface area contributed by atoms with Gasteiger partial charge in [0, 0.05) is 5.57 Å². The lowest BCUT2D eigenvalue weighted by molar-refractivity contribution is -0.138. The maximum Gasteiger partial charge on any atom is 0.333 e. The van der Waals surface area contributed by atoms with Gasteiger partial charge in [0.25, 0.3) is 0 Å². The zero-order valence-electron chi connectivity index (χ0n) is 7.96. The van der Waals surface area contributed by atoms with Crippen molar-refractivity contribution in [2.45, 2.75) is 27.2 Å². The number of allylic oxidation sites excluding steroid dienone is 3. The largest absolute Gasteiger partial charge is 0.463 e. The number of hydrogen-bond acceptors (Lipinski definition) is 2. The fourth-order valence-electron chi connectivity index (χ4n) is 0.766. The first-order chi connectivity index (χ1) is 5.76. The molecule has 12 heavy (non-hydrogen) atoms.